The van der Waals surface area contributed by atoms with Crippen LogP contribution in [0.4, 0.5) is 0 Å². The minimum absolute atomic E-state index is 0.160. The van der Waals surface area contributed by atoms with E-state index >= 15 is 0 Å². The van der Waals surface area contributed by atoms with Crippen molar-refractivity contribution in [3.05, 3.63) is 24.0 Å². The normalized spacial score (nSPS) is 10.0. The monoisotopic (exact) mass is 238 g/mol. The Morgan fingerprint density at radius 2 is 2.24 bits per heavy atom. The molecule has 94 valence electrons. The molecule has 1 aromatic rings. The molecule has 1 aromatic heterocycles. The van der Waals surface area contributed by atoms with Crippen molar-refractivity contribution in [3.63, 3.8) is 0 Å². The van der Waals surface area contributed by atoms with Crippen molar-refractivity contribution in [2.75, 3.05) is 13.7 Å². The molecule has 0 aromatic carbocycles. The van der Waals surface area contributed by atoms with Crippen LogP contribution < -0.4 is 5.32 Å². The van der Waals surface area contributed by atoms with E-state index in [0.717, 1.165) is 13.0 Å². The maximum Gasteiger partial charge on any atom is 0.307 e. The molecule has 1 amide bonds. The molecule has 0 aliphatic carbocycles. The molecule has 0 aliphatic rings. The number of carbonyl (C=O) groups is 2. The van der Waals surface area contributed by atoms with Crippen LogP contribution in [-0.4, -0.2) is 30.1 Å². The minimum atomic E-state index is -0.325. The van der Waals surface area contributed by atoms with Gasteiger partial charge in [-0.25, -0.2) is 0 Å². The summed E-state index contributed by atoms with van der Waals surface area (Å²) < 4.78 is 6.39. The highest BCUT2D eigenvalue weighted by Gasteiger charge is 2.10. The Labute approximate surface area is 101 Å². The van der Waals surface area contributed by atoms with Crippen molar-refractivity contribution in [2.24, 2.45) is 0 Å². The van der Waals surface area contributed by atoms with Crippen molar-refractivity contribution in [1.82, 2.24) is 9.88 Å². The van der Waals surface area contributed by atoms with Gasteiger partial charge >= 0.3 is 5.97 Å². The molecule has 5 heteroatoms. The van der Waals surface area contributed by atoms with Gasteiger partial charge in [-0.2, -0.15) is 0 Å². The zero-order valence-corrected chi connectivity index (χ0v) is 10.2. The summed E-state index contributed by atoms with van der Waals surface area (Å²) in [5.74, 6) is -0.485. The number of esters is 1. The van der Waals surface area contributed by atoms with Crippen LogP contribution in [0.1, 0.15) is 30.3 Å². The van der Waals surface area contributed by atoms with Gasteiger partial charge in [0, 0.05) is 19.3 Å². The molecular formula is C12H18N2O3. The Morgan fingerprint density at radius 3 is 2.88 bits per heavy atom. The van der Waals surface area contributed by atoms with E-state index in [0.29, 0.717) is 12.2 Å². The number of hydrogen-bond acceptors (Lipinski definition) is 3. The van der Waals surface area contributed by atoms with Gasteiger partial charge in [0.15, 0.2) is 0 Å². The lowest BCUT2D eigenvalue weighted by molar-refractivity contribution is -0.140. The Balaban J connectivity index is 2.46. The molecule has 1 heterocycles. The van der Waals surface area contributed by atoms with E-state index in [-0.39, 0.29) is 18.3 Å². The van der Waals surface area contributed by atoms with Crippen molar-refractivity contribution in [2.45, 2.75) is 26.3 Å². The Hall–Kier alpha value is -1.78. The van der Waals surface area contributed by atoms with Crippen LogP contribution in [0.5, 0.6) is 0 Å². The Morgan fingerprint density at radius 1 is 1.47 bits per heavy atom. The zero-order valence-electron chi connectivity index (χ0n) is 10.2. The molecule has 1 rings (SSSR count). The summed E-state index contributed by atoms with van der Waals surface area (Å²) in [6.07, 6.45) is 3.03. The molecule has 5 nitrogen and oxygen atoms in total. The third kappa shape index (κ3) is 3.94. The van der Waals surface area contributed by atoms with E-state index in [9.17, 15) is 9.59 Å². The molecular weight excluding hydrogens is 220 g/mol. The van der Waals surface area contributed by atoms with Crippen molar-refractivity contribution in [3.8, 4) is 0 Å². The van der Waals surface area contributed by atoms with Gasteiger partial charge in [-0.05, 0) is 18.6 Å². The van der Waals surface area contributed by atoms with Crippen molar-refractivity contribution >= 4 is 11.9 Å². The number of ether oxygens (including phenoxy) is 1. The number of methoxy groups -OCH3 is 1. The number of carbonyl (C=O) groups excluding carboxylic acids is 2. The number of nitrogens with zero attached hydrogens (tertiary/aromatic N) is 1. The lowest BCUT2D eigenvalue weighted by Crippen LogP contribution is -2.28. The van der Waals surface area contributed by atoms with E-state index in [4.69, 9.17) is 0 Å². The molecule has 0 atom stereocenters. The van der Waals surface area contributed by atoms with Crippen LogP contribution in [0.25, 0.3) is 0 Å². The number of hydrogen-bond donors (Lipinski definition) is 1. The number of nitrogens with one attached hydrogen (secondary N) is 1. The highest BCUT2D eigenvalue weighted by Crippen LogP contribution is 2.03. The molecule has 1 N–H and O–H groups in total. The van der Waals surface area contributed by atoms with Crippen LogP contribution in [0.2, 0.25) is 0 Å². The standard InChI is InChI=1S/C12H18N2O3/c1-3-8-14-9-4-5-10(14)12(16)13-7-6-11(15)17-2/h4-5,9H,3,6-8H2,1-2H3,(H,13,16). The maximum atomic E-state index is 11.8. The second-order valence-electron chi connectivity index (χ2n) is 3.67. The predicted octanol–water partition coefficient (Wildman–Crippen LogP) is 1.19. The summed E-state index contributed by atoms with van der Waals surface area (Å²) in [5, 5.41) is 2.69. The smallest absolute Gasteiger partial charge is 0.307 e. The first-order valence-corrected chi connectivity index (χ1v) is 5.69. The first kappa shape index (κ1) is 13.3. The van der Waals surface area contributed by atoms with Gasteiger partial charge < -0.3 is 14.6 Å². The minimum Gasteiger partial charge on any atom is -0.469 e. The summed E-state index contributed by atoms with van der Waals surface area (Å²) in [6, 6.07) is 3.61. The van der Waals surface area contributed by atoms with Gasteiger partial charge in [0.25, 0.3) is 5.91 Å². The average Bonchev–Trinajstić information content (AvgIpc) is 2.77. The highest BCUT2D eigenvalue weighted by atomic mass is 16.5. The molecule has 0 radical (unpaired) electrons. The first-order chi connectivity index (χ1) is 8.19. The number of amides is 1. The largest absolute Gasteiger partial charge is 0.469 e. The van der Waals surface area contributed by atoms with Gasteiger partial charge in [-0.1, -0.05) is 6.92 Å². The van der Waals surface area contributed by atoms with Gasteiger partial charge in [0.1, 0.15) is 5.69 Å². The molecule has 0 saturated heterocycles. The lowest BCUT2D eigenvalue weighted by Gasteiger charge is -2.08. The average molecular weight is 238 g/mol. The summed E-state index contributed by atoms with van der Waals surface area (Å²) in [4.78, 5) is 22.7. The lowest BCUT2D eigenvalue weighted by atomic mass is 10.3. The predicted molar refractivity (Wildman–Crippen MR) is 63.7 cm³/mol. The number of rotatable bonds is 6. The van der Waals surface area contributed by atoms with Crippen LogP contribution in [0, 0.1) is 0 Å². The van der Waals surface area contributed by atoms with Crippen LogP contribution in [0.15, 0.2) is 18.3 Å². The molecule has 0 aliphatic heterocycles. The second-order valence-corrected chi connectivity index (χ2v) is 3.67. The second kappa shape index (κ2) is 6.73. The van der Waals surface area contributed by atoms with E-state index in [2.05, 4.69) is 17.0 Å². The summed E-state index contributed by atoms with van der Waals surface area (Å²) in [6.45, 7) is 3.16. The van der Waals surface area contributed by atoms with Gasteiger partial charge in [0.05, 0.1) is 13.5 Å². The summed E-state index contributed by atoms with van der Waals surface area (Å²) in [5.41, 5.74) is 0.622. The molecule has 0 saturated carbocycles. The SMILES string of the molecule is CCCn1cccc1C(=O)NCCC(=O)OC. The zero-order chi connectivity index (χ0) is 12.7. The van der Waals surface area contributed by atoms with Gasteiger partial charge in [-0.3, -0.25) is 9.59 Å². The molecule has 0 spiro atoms. The fraction of sp³-hybridized carbons (Fsp3) is 0.500. The molecule has 0 fully saturated rings. The van der Waals surface area contributed by atoms with Gasteiger partial charge in [-0.15, -0.1) is 0 Å². The van der Waals surface area contributed by atoms with Crippen LogP contribution in [0.3, 0.4) is 0 Å². The number of aryl methyl sites for hydroxylation is 1. The van der Waals surface area contributed by atoms with Gasteiger partial charge in [0.2, 0.25) is 0 Å². The fourth-order valence-electron chi connectivity index (χ4n) is 1.53. The quantitative estimate of drug-likeness (QED) is 0.757. The molecule has 0 unspecified atom stereocenters. The third-order valence-corrected chi connectivity index (χ3v) is 2.37. The molecule has 17 heavy (non-hydrogen) atoms. The van der Waals surface area contributed by atoms with Crippen LogP contribution >= 0.6 is 0 Å². The fourth-order valence-corrected chi connectivity index (χ4v) is 1.53. The topological polar surface area (TPSA) is 60.3 Å². The summed E-state index contributed by atoms with van der Waals surface area (Å²) >= 11 is 0. The molecule has 0 bridgehead atoms. The van der Waals surface area contributed by atoms with E-state index < -0.39 is 0 Å². The van der Waals surface area contributed by atoms with Crippen LogP contribution in [-0.2, 0) is 16.1 Å². The van der Waals surface area contributed by atoms with E-state index in [1.807, 2.05) is 16.8 Å². The number of aromatic nitrogens is 1. The maximum absolute atomic E-state index is 11.8. The Bertz CT molecular complexity index is 385. The summed E-state index contributed by atoms with van der Waals surface area (Å²) in [7, 11) is 1.33. The van der Waals surface area contributed by atoms with Crippen molar-refractivity contribution < 1.29 is 14.3 Å². The van der Waals surface area contributed by atoms with E-state index in [1.54, 1.807) is 6.07 Å². The first-order valence-electron chi connectivity index (χ1n) is 5.69. The third-order valence-electron chi connectivity index (χ3n) is 2.37. The highest BCUT2D eigenvalue weighted by molar-refractivity contribution is 5.92. The Kier molecular flexibility index (Phi) is 5.26. The van der Waals surface area contributed by atoms with Crippen molar-refractivity contribution in [1.29, 1.82) is 0 Å². The van der Waals surface area contributed by atoms with E-state index in [1.165, 1.54) is 7.11 Å².